The van der Waals surface area contributed by atoms with E-state index in [1.165, 1.54) is 11.3 Å². The number of amides is 1. The Morgan fingerprint density at radius 3 is 3.13 bits per heavy atom. The Morgan fingerprint density at radius 1 is 1.87 bits per heavy atom. The SMILES string of the molecule is CC(CC(N)=NO)NC(=O)c1cscn1. The summed E-state index contributed by atoms with van der Waals surface area (Å²) < 4.78 is 0. The summed E-state index contributed by atoms with van der Waals surface area (Å²) in [6.07, 6.45) is 0.298. The molecule has 0 aromatic carbocycles. The molecule has 82 valence electrons. The van der Waals surface area contributed by atoms with E-state index in [1.807, 2.05) is 0 Å². The Balaban J connectivity index is 2.45. The van der Waals surface area contributed by atoms with Gasteiger partial charge < -0.3 is 16.3 Å². The summed E-state index contributed by atoms with van der Waals surface area (Å²) in [6.45, 7) is 1.77. The number of rotatable bonds is 4. The predicted molar refractivity (Wildman–Crippen MR) is 57.1 cm³/mol. The maximum atomic E-state index is 11.5. The molecule has 15 heavy (non-hydrogen) atoms. The topological polar surface area (TPSA) is 101 Å². The van der Waals surface area contributed by atoms with Crippen molar-refractivity contribution >= 4 is 23.1 Å². The number of hydrogen-bond donors (Lipinski definition) is 3. The maximum absolute atomic E-state index is 11.5. The number of amidine groups is 1. The minimum Gasteiger partial charge on any atom is -0.409 e. The number of nitrogens with two attached hydrogens (primary N) is 1. The van der Waals surface area contributed by atoms with Crippen LogP contribution in [0, 0.1) is 0 Å². The van der Waals surface area contributed by atoms with Crippen LogP contribution >= 0.6 is 11.3 Å². The molecule has 0 bridgehead atoms. The van der Waals surface area contributed by atoms with Gasteiger partial charge in [-0.3, -0.25) is 4.79 Å². The van der Waals surface area contributed by atoms with Crippen LogP contribution in [0.4, 0.5) is 0 Å². The summed E-state index contributed by atoms with van der Waals surface area (Å²) in [7, 11) is 0. The first-order valence-electron chi connectivity index (χ1n) is 4.29. The van der Waals surface area contributed by atoms with E-state index in [0.29, 0.717) is 12.1 Å². The van der Waals surface area contributed by atoms with Gasteiger partial charge in [-0.15, -0.1) is 11.3 Å². The van der Waals surface area contributed by atoms with E-state index in [0.717, 1.165) is 0 Å². The van der Waals surface area contributed by atoms with Crippen molar-refractivity contribution in [2.45, 2.75) is 19.4 Å². The van der Waals surface area contributed by atoms with E-state index in [-0.39, 0.29) is 17.8 Å². The normalized spacial score (nSPS) is 13.5. The minimum atomic E-state index is -0.255. The van der Waals surface area contributed by atoms with Crippen molar-refractivity contribution in [2.24, 2.45) is 10.9 Å². The highest BCUT2D eigenvalue weighted by Gasteiger charge is 2.12. The summed E-state index contributed by atoms with van der Waals surface area (Å²) in [6, 6.07) is -0.199. The monoisotopic (exact) mass is 228 g/mol. The average Bonchev–Trinajstić information content (AvgIpc) is 2.70. The number of oxime groups is 1. The number of thiazole rings is 1. The fourth-order valence-corrected chi connectivity index (χ4v) is 1.56. The van der Waals surface area contributed by atoms with Gasteiger partial charge in [-0.25, -0.2) is 4.98 Å². The van der Waals surface area contributed by atoms with Crippen LogP contribution in [0.5, 0.6) is 0 Å². The van der Waals surface area contributed by atoms with Gasteiger partial charge in [0.25, 0.3) is 5.91 Å². The number of nitrogens with zero attached hydrogens (tertiary/aromatic N) is 2. The second-order valence-electron chi connectivity index (χ2n) is 3.04. The van der Waals surface area contributed by atoms with E-state index in [1.54, 1.807) is 17.8 Å². The summed E-state index contributed by atoms with van der Waals surface area (Å²) in [5.41, 5.74) is 7.27. The molecule has 0 saturated heterocycles. The van der Waals surface area contributed by atoms with Gasteiger partial charge in [0.15, 0.2) is 0 Å². The second-order valence-corrected chi connectivity index (χ2v) is 3.76. The molecular formula is C8H12N4O2S. The number of carbonyl (C=O) groups excluding carboxylic acids is 1. The average molecular weight is 228 g/mol. The third-order valence-corrected chi connectivity index (χ3v) is 2.27. The zero-order chi connectivity index (χ0) is 11.3. The zero-order valence-corrected chi connectivity index (χ0v) is 8.99. The van der Waals surface area contributed by atoms with E-state index in [4.69, 9.17) is 10.9 Å². The molecule has 0 saturated carbocycles. The third-order valence-electron chi connectivity index (χ3n) is 1.69. The van der Waals surface area contributed by atoms with Crippen molar-refractivity contribution in [3.63, 3.8) is 0 Å². The smallest absolute Gasteiger partial charge is 0.270 e. The standard InChI is InChI=1S/C8H12N4O2S/c1-5(2-7(9)12-14)11-8(13)6-3-15-4-10-6/h3-5,14H,2H2,1H3,(H2,9,12)(H,11,13). The fraction of sp³-hybridized carbons (Fsp3) is 0.375. The zero-order valence-electron chi connectivity index (χ0n) is 8.17. The largest absolute Gasteiger partial charge is 0.409 e. The van der Waals surface area contributed by atoms with Crippen LogP contribution in [0.25, 0.3) is 0 Å². The maximum Gasteiger partial charge on any atom is 0.270 e. The van der Waals surface area contributed by atoms with Crippen LogP contribution in [-0.4, -0.2) is 28.0 Å². The van der Waals surface area contributed by atoms with E-state index < -0.39 is 0 Å². The lowest BCUT2D eigenvalue weighted by atomic mass is 10.2. The Labute approximate surface area is 90.8 Å². The van der Waals surface area contributed by atoms with Gasteiger partial charge in [-0.05, 0) is 6.92 Å². The molecule has 0 aliphatic carbocycles. The molecular weight excluding hydrogens is 216 g/mol. The van der Waals surface area contributed by atoms with Gasteiger partial charge in [0.2, 0.25) is 0 Å². The van der Waals surface area contributed by atoms with Gasteiger partial charge in [-0.2, -0.15) is 0 Å². The molecule has 1 aromatic rings. The predicted octanol–water partition coefficient (Wildman–Crippen LogP) is 0.398. The Morgan fingerprint density at radius 2 is 2.60 bits per heavy atom. The van der Waals surface area contributed by atoms with Crippen molar-refractivity contribution < 1.29 is 10.0 Å². The van der Waals surface area contributed by atoms with Gasteiger partial charge in [0.05, 0.1) is 5.51 Å². The summed E-state index contributed by atoms with van der Waals surface area (Å²) >= 11 is 1.35. The molecule has 4 N–H and O–H groups in total. The van der Waals surface area contributed by atoms with E-state index in [9.17, 15) is 4.79 Å². The van der Waals surface area contributed by atoms with Crippen molar-refractivity contribution in [3.8, 4) is 0 Å². The molecule has 1 rings (SSSR count). The van der Waals surface area contributed by atoms with Crippen LogP contribution in [-0.2, 0) is 0 Å². The summed E-state index contributed by atoms with van der Waals surface area (Å²) in [4.78, 5) is 15.3. The Hall–Kier alpha value is -1.63. The number of hydrogen-bond acceptors (Lipinski definition) is 5. The number of aromatic nitrogens is 1. The van der Waals surface area contributed by atoms with Crippen molar-refractivity contribution in [2.75, 3.05) is 0 Å². The van der Waals surface area contributed by atoms with Crippen molar-refractivity contribution in [1.29, 1.82) is 0 Å². The lowest BCUT2D eigenvalue weighted by Crippen LogP contribution is -2.35. The first kappa shape index (κ1) is 11.4. The number of nitrogens with one attached hydrogen (secondary N) is 1. The van der Waals surface area contributed by atoms with Crippen LogP contribution in [0.1, 0.15) is 23.8 Å². The van der Waals surface area contributed by atoms with Gasteiger partial charge >= 0.3 is 0 Å². The van der Waals surface area contributed by atoms with Crippen molar-refractivity contribution in [1.82, 2.24) is 10.3 Å². The van der Waals surface area contributed by atoms with Gasteiger partial charge in [-0.1, -0.05) is 5.16 Å². The Kier molecular flexibility index (Phi) is 4.04. The molecule has 1 heterocycles. The first-order chi connectivity index (χ1) is 7.13. The van der Waals surface area contributed by atoms with Gasteiger partial charge in [0, 0.05) is 17.8 Å². The fourth-order valence-electron chi connectivity index (χ4n) is 1.03. The molecule has 0 aliphatic rings. The first-order valence-corrected chi connectivity index (χ1v) is 5.23. The van der Waals surface area contributed by atoms with Gasteiger partial charge in [0.1, 0.15) is 11.5 Å². The molecule has 0 spiro atoms. The molecule has 1 atom stereocenters. The highest BCUT2D eigenvalue weighted by molar-refractivity contribution is 7.07. The van der Waals surface area contributed by atoms with Crippen LogP contribution in [0.2, 0.25) is 0 Å². The lowest BCUT2D eigenvalue weighted by Gasteiger charge is -2.11. The van der Waals surface area contributed by atoms with Crippen LogP contribution in [0.15, 0.2) is 16.0 Å². The molecule has 0 radical (unpaired) electrons. The minimum absolute atomic E-state index is 0.0843. The summed E-state index contributed by atoms with van der Waals surface area (Å²) in [5, 5.41) is 15.5. The lowest BCUT2D eigenvalue weighted by molar-refractivity contribution is 0.0936. The van der Waals surface area contributed by atoms with Crippen LogP contribution in [0.3, 0.4) is 0 Å². The molecule has 0 fully saturated rings. The quantitative estimate of drug-likeness (QED) is 0.300. The number of carbonyl (C=O) groups is 1. The second kappa shape index (κ2) is 5.30. The molecule has 1 amide bonds. The van der Waals surface area contributed by atoms with E-state index >= 15 is 0 Å². The third kappa shape index (κ3) is 3.55. The highest BCUT2D eigenvalue weighted by atomic mass is 32.1. The Bertz CT molecular complexity index is 350. The molecule has 1 aromatic heterocycles. The molecule has 7 heteroatoms. The molecule has 6 nitrogen and oxygen atoms in total. The van der Waals surface area contributed by atoms with E-state index in [2.05, 4.69) is 15.5 Å². The summed E-state index contributed by atoms with van der Waals surface area (Å²) in [5.74, 6) is -0.171. The molecule has 1 unspecified atom stereocenters. The molecule has 0 aliphatic heterocycles. The van der Waals surface area contributed by atoms with Crippen LogP contribution < -0.4 is 11.1 Å². The highest BCUT2D eigenvalue weighted by Crippen LogP contribution is 2.01. The van der Waals surface area contributed by atoms with Crippen molar-refractivity contribution in [3.05, 3.63) is 16.6 Å².